The molecule has 0 saturated heterocycles. The molecule has 5 N–H and O–H groups in total. The third-order valence-corrected chi connectivity index (χ3v) is 4.10. The van der Waals surface area contributed by atoms with Crippen LogP contribution >= 0.6 is 0 Å². The molecule has 0 saturated carbocycles. The largest absolute Gasteiger partial charge is 0.487 e. The molecule has 0 unspecified atom stereocenters. The van der Waals surface area contributed by atoms with Crippen LogP contribution in [0.4, 0.5) is 15.9 Å². The molecule has 7 heteroatoms. The number of aromatic amines is 1. The van der Waals surface area contributed by atoms with Crippen molar-refractivity contribution < 1.29 is 9.13 Å². The predicted molar refractivity (Wildman–Crippen MR) is 98.9 cm³/mol. The minimum atomic E-state index is -0.285. The van der Waals surface area contributed by atoms with Crippen LogP contribution in [0, 0.1) is 5.82 Å². The number of ether oxygens (including phenoxy) is 1. The highest BCUT2D eigenvalue weighted by Crippen LogP contribution is 2.33. The number of nitrogens with two attached hydrogens (primary N) is 2. The van der Waals surface area contributed by atoms with Gasteiger partial charge in [0.25, 0.3) is 0 Å². The van der Waals surface area contributed by atoms with Gasteiger partial charge in [0.2, 0.25) is 0 Å². The fourth-order valence-electron chi connectivity index (χ4n) is 2.76. The van der Waals surface area contributed by atoms with E-state index in [0.29, 0.717) is 22.9 Å². The number of aromatic nitrogens is 3. The molecular weight excluding hydrogens is 333 g/mol. The van der Waals surface area contributed by atoms with Crippen LogP contribution < -0.4 is 16.2 Å². The number of hydrogen-bond acceptors (Lipinski definition) is 5. The smallest absolute Gasteiger partial charge is 0.155 e. The van der Waals surface area contributed by atoms with Crippen molar-refractivity contribution in [2.75, 3.05) is 11.5 Å². The van der Waals surface area contributed by atoms with Gasteiger partial charge >= 0.3 is 0 Å². The number of H-pyrrole nitrogens is 1. The number of rotatable bonds is 4. The summed E-state index contributed by atoms with van der Waals surface area (Å²) in [6.45, 7) is 0.277. The van der Waals surface area contributed by atoms with E-state index in [1.54, 1.807) is 24.4 Å². The van der Waals surface area contributed by atoms with E-state index in [1.807, 2.05) is 18.2 Å². The average molecular weight is 349 g/mol. The van der Waals surface area contributed by atoms with E-state index < -0.39 is 0 Å². The zero-order chi connectivity index (χ0) is 18.1. The molecule has 0 bridgehead atoms. The Kier molecular flexibility index (Phi) is 3.89. The van der Waals surface area contributed by atoms with Gasteiger partial charge in [-0.25, -0.2) is 4.39 Å². The Hall–Kier alpha value is -3.61. The normalized spacial score (nSPS) is 11.0. The Morgan fingerprint density at radius 1 is 1.04 bits per heavy atom. The first-order valence-corrected chi connectivity index (χ1v) is 7.97. The third-order valence-electron chi connectivity index (χ3n) is 4.10. The predicted octanol–water partition coefficient (Wildman–Crippen LogP) is 3.51. The lowest BCUT2D eigenvalue weighted by Gasteiger charge is -2.11. The minimum absolute atomic E-state index is 0.277. The molecule has 0 spiro atoms. The van der Waals surface area contributed by atoms with Crippen molar-refractivity contribution >= 4 is 22.4 Å². The topological polar surface area (TPSA) is 103 Å². The summed E-state index contributed by atoms with van der Waals surface area (Å²) in [7, 11) is 0. The van der Waals surface area contributed by atoms with Crippen LogP contribution in [0.2, 0.25) is 0 Å². The van der Waals surface area contributed by atoms with E-state index in [4.69, 9.17) is 16.2 Å². The number of nitrogens with zero attached hydrogens (tertiary/aromatic N) is 2. The maximum Gasteiger partial charge on any atom is 0.155 e. The summed E-state index contributed by atoms with van der Waals surface area (Å²) in [5.74, 6) is 0.619. The average Bonchev–Trinajstić information content (AvgIpc) is 3.04. The summed E-state index contributed by atoms with van der Waals surface area (Å²) in [6, 6.07) is 13.4. The van der Waals surface area contributed by atoms with Gasteiger partial charge in [-0.3, -0.25) is 10.1 Å². The lowest BCUT2D eigenvalue weighted by atomic mass is 10.1. The first-order chi connectivity index (χ1) is 12.6. The number of nitrogen functional groups attached to an aromatic ring is 2. The molecule has 2 aromatic carbocycles. The summed E-state index contributed by atoms with van der Waals surface area (Å²) in [6.07, 6.45) is 1.69. The molecule has 0 amide bonds. The molecule has 0 radical (unpaired) electrons. The zero-order valence-corrected chi connectivity index (χ0v) is 13.7. The monoisotopic (exact) mass is 349 g/mol. The van der Waals surface area contributed by atoms with Crippen molar-refractivity contribution in [3.63, 3.8) is 0 Å². The van der Waals surface area contributed by atoms with Crippen molar-refractivity contribution in [3.8, 4) is 17.0 Å². The minimum Gasteiger partial charge on any atom is -0.487 e. The highest BCUT2D eigenvalue weighted by Gasteiger charge is 2.13. The van der Waals surface area contributed by atoms with Gasteiger partial charge in [-0.15, -0.1) is 0 Å². The molecule has 26 heavy (non-hydrogen) atoms. The van der Waals surface area contributed by atoms with E-state index in [1.165, 1.54) is 12.1 Å². The maximum absolute atomic E-state index is 13.0. The quantitative estimate of drug-likeness (QED) is 0.489. The lowest BCUT2D eigenvalue weighted by molar-refractivity contribution is 0.308. The van der Waals surface area contributed by atoms with Crippen LogP contribution in [0.5, 0.6) is 5.75 Å². The molecule has 6 nitrogen and oxygen atoms in total. The lowest BCUT2D eigenvalue weighted by Crippen LogP contribution is -1.99. The van der Waals surface area contributed by atoms with Crippen LogP contribution in [-0.4, -0.2) is 15.2 Å². The summed E-state index contributed by atoms with van der Waals surface area (Å²) in [4.78, 5) is 4.43. The second kappa shape index (κ2) is 6.36. The van der Waals surface area contributed by atoms with Gasteiger partial charge in [-0.1, -0.05) is 18.2 Å². The molecule has 2 aromatic heterocycles. The van der Waals surface area contributed by atoms with Crippen molar-refractivity contribution in [2.24, 2.45) is 0 Å². The first-order valence-electron chi connectivity index (χ1n) is 7.97. The fourth-order valence-corrected chi connectivity index (χ4v) is 2.76. The summed E-state index contributed by atoms with van der Waals surface area (Å²) in [5.41, 5.74) is 15.6. The van der Waals surface area contributed by atoms with Crippen molar-refractivity contribution in [1.29, 1.82) is 0 Å². The SMILES string of the molecule is Nc1ccc(-c2nccc3[nH]nc(N)c23)cc1OCc1ccc(F)cc1. The molecule has 0 fully saturated rings. The molecule has 130 valence electrons. The molecule has 0 aliphatic rings. The molecule has 4 rings (SSSR count). The maximum atomic E-state index is 13.0. The Labute approximate surface area is 148 Å². The number of benzene rings is 2. The van der Waals surface area contributed by atoms with Gasteiger partial charge in [0.1, 0.15) is 18.2 Å². The van der Waals surface area contributed by atoms with Crippen molar-refractivity contribution in [1.82, 2.24) is 15.2 Å². The van der Waals surface area contributed by atoms with Crippen LogP contribution in [0.1, 0.15) is 5.56 Å². The molecular formula is C19H16FN5O. The van der Waals surface area contributed by atoms with Crippen LogP contribution in [0.15, 0.2) is 54.7 Å². The van der Waals surface area contributed by atoms with Crippen molar-refractivity contribution in [2.45, 2.75) is 6.61 Å². The van der Waals surface area contributed by atoms with Gasteiger partial charge in [0, 0.05) is 11.8 Å². The second-order valence-electron chi connectivity index (χ2n) is 5.86. The van der Waals surface area contributed by atoms with Gasteiger partial charge in [-0.2, -0.15) is 5.10 Å². The second-order valence-corrected chi connectivity index (χ2v) is 5.86. The molecule has 4 aromatic rings. The number of pyridine rings is 1. The summed E-state index contributed by atoms with van der Waals surface area (Å²) in [5, 5.41) is 7.66. The van der Waals surface area contributed by atoms with E-state index in [2.05, 4.69) is 15.2 Å². The molecule has 0 atom stereocenters. The molecule has 2 heterocycles. The summed E-state index contributed by atoms with van der Waals surface area (Å²) < 4.78 is 18.8. The van der Waals surface area contributed by atoms with Crippen LogP contribution in [0.3, 0.4) is 0 Å². The number of hydrogen-bond donors (Lipinski definition) is 3. The standard InChI is InChI=1S/C19H16FN5O/c20-13-4-1-11(2-5-13)10-26-16-9-12(3-6-14(16)21)18-17-15(7-8-23-18)24-25-19(17)22/h1-9H,10,21H2,(H3,22,24,25). The van der Waals surface area contributed by atoms with Gasteiger partial charge in [-0.05, 0) is 35.9 Å². The Morgan fingerprint density at radius 3 is 2.65 bits per heavy atom. The van der Waals surface area contributed by atoms with Crippen LogP contribution in [0.25, 0.3) is 22.2 Å². The van der Waals surface area contributed by atoms with E-state index in [9.17, 15) is 4.39 Å². The van der Waals surface area contributed by atoms with E-state index in [-0.39, 0.29) is 12.4 Å². The Morgan fingerprint density at radius 2 is 1.85 bits per heavy atom. The molecule has 0 aliphatic carbocycles. The molecule has 0 aliphatic heterocycles. The Bertz CT molecular complexity index is 1080. The highest BCUT2D eigenvalue weighted by molar-refractivity contribution is 5.99. The number of halogens is 1. The third kappa shape index (κ3) is 2.90. The van der Waals surface area contributed by atoms with Crippen LogP contribution in [-0.2, 0) is 6.61 Å². The highest BCUT2D eigenvalue weighted by atomic mass is 19.1. The Balaban J connectivity index is 1.67. The first kappa shape index (κ1) is 15.9. The van der Waals surface area contributed by atoms with Crippen molar-refractivity contribution in [3.05, 3.63) is 66.1 Å². The van der Waals surface area contributed by atoms with Gasteiger partial charge < -0.3 is 16.2 Å². The number of anilines is 2. The van der Waals surface area contributed by atoms with E-state index >= 15 is 0 Å². The summed E-state index contributed by atoms with van der Waals surface area (Å²) >= 11 is 0. The number of nitrogens with one attached hydrogen (secondary N) is 1. The van der Waals surface area contributed by atoms with Gasteiger partial charge in [0.05, 0.1) is 22.3 Å². The van der Waals surface area contributed by atoms with Gasteiger partial charge in [0.15, 0.2) is 5.82 Å². The zero-order valence-electron chi connectivity index (χ0n) is 13.7. The van der Waals surface area contributed by atoms with E-state index in [0.717, 1.165) is 22.0 Å². The number of fused-ring (bicyclic) bond motifs is 1. The fraction of sp³-hybridized carbons (Fsp3) is 0.0526.